The topological polar surface area (TPSA) is 12.9 Å². The molecule has 0 N–H and O–H groups in total. The molecule has 1 unspecified atom stereocenters. The maximum Gasteiger partial charge on any atom is 0.0702 e. The highest BCUT2D eigenvalue weighted by atomic mass is 14.7. The second-order valence-electron chi connectivity index (χ2n) is 7.14. The van der Waals surface area contributed by atoms with Gasteiger partial charge in [0.15, 0.2) is 0 Å². The molecule has 0 aliphatic heterocycles. The lowest BCUT2D eigenvalue weighted by atomic mass is 9.71. The van der Waals surface area contributed by atoms with E-state index in [0.29, 0.717) is 5.92 Å². The van der Waals surface area contributed by atoms with E-state index in [4.69, 9.17) is 0 Å². The van der Waals surface area contributed by atoms with Crippen molar-refractivity contribution >= 4 is 0 Å². The highest BCUT2D eigenvalue weighted by molar-refractivity contribution is 5.63. The maximum atomic E-state index is 4.48. The number of benzene rings is 1. The monoisotopic (exact) mass is 265 g/mol. The van der Waals surface area contributed by atoms with Crippen LogP contribution in [0.3, 0.4) is 0 Å². The summed E-state index contributed by atoms with van der Waals surface area (Å²) in [4.78, 5) is 4.48. The third-order valence-electron chi connectivity index (χ3n) is 5.53. The van der Waals surface area contributed by atoms with Crippen LogP contribution in [0.4, 0.5) is 0 Å². The fourth-order valence-electron chi connectivity index (χ4n) is 3.70. The fourth-order valence-corrected chi connectivity index (χ4v) is 3.70. The number of hydrogen-bond donors (Lipinski definition) is 0. The van der Waals surface area contributed by atoms with Gasteiger partial charge in [-0.25, -0.2) is 0 Å². The Kier molecular flexibility index (Phi) is 2.79. The number of fused-ring (bicyclic) bond motifs is 1. The van der Waals surface area contributed by atoms with Crippen molar-refractivity contribution in [3.8, 4) is 11.3 Å². The van der Waals surface area contributed by atoms with Gasteiger partial charge in [-0.2, -0.15) is 0 Å². The largest absolute Gasteiger partial charge is 0.256 e. The molecule has 0 saturated heterocycles. The Morgan fingerprint density at radius 2 is 1.60 bits per heavy atom. The van der Waals surface area contributed by atoms with E-state index in [1.54, 1.807) is 0 Å². The molecule has 1 atom stereocenters. The van der Waals surface area contributed by atoms with E-state index in [1.165, 1.54) is 16.7 Å². The van der Waals surface area contributed by atoms with Crippen LogP contribution in [0, 0.1) is 5.92 Å². The van der Waals surface area contributed by atoms with Crippen molar-refractivity contribution in [3.05, 3.63) is 53.7 Å². The molecular formula is C19H23N. The van der Waals surface area contributed by atoms with Gasteiger partial charge in [-0.15, -0.1) is 0 Å². The van der Waals surface area contributed by atoms with Crippen molar-refractivity contribution in [1.29, 1.82) is 0 Å². The molecule has 0 saturated carbocycles. The Bertz CT molecular complexity index is 638. The summed E-state index contributed by atoms with van der Waals surface area (Å²) in [5.74, 6) is 0.629. The van der Waals surface area contributed by atoms with Crippen LogP contribution in [0.25, 0.3) is 11.3 Å². The van der Waals surface area contributed by atoms with Crippen molar-refractivity contribution < 1.29 is 0 Å². The molecule has 0 amide bonds. The zero-order valence-corrected chi connectivity index (χ0v) is 13.1. The maximum absolute atomic E-state index is 4.48. The molecule has 3 rings (SSSR count). The number of rotatable bonds is 1. The lowest BCUT2D eigenvalue weighted by Gasteiger charge is -2.32. The Hall–Kier alpha value is -1.63. The highest BCUT2D eigenvalue weighted by Crippen LogP contribution is 2.54. The van der Waals surface area contributed by atoms with Crippen LogP contribution in [0.15, 0.2) is 42.6 Å². The minimum Gasteiger partial charge on any atom is -0.256 e. The van der Waals surface area contributed by atoms with Crippen LogP contribution in [-0.4, -0.2) is 4.98 Å². The first-order valence-electron chi connectivity index (χ1n) is 7.41. The molecule has 1 aromatic carbocycles. The third kappa shape index (κ3) is 1.72. The standard InChI is InChI=1S/C19H23N/c1-13-18(2,3)15-10-9-14(12-16(15)19(13,4)5)17-8-6-7-11-20-17/h6-13H,1-5H3. The van der Waals surface area contributed by atoms with Gasteiger partial charge in [0.2, 0.25) is 0 Å². The minimum atomic E-state index is 0.212. The molecule has 0 fully saturated rings. The van der Waals surface area contributed by atoms with Crippen LogP contribution in [0.2, 0.25) is 0 Å². The Balaban J connectivity index is 2.18. The summed E-state index contributed by atoms with van der Waals surface area (Å²) < 4.78 is 0. The number of nitrogens with zero attached hydrogens (tertiary/aromatic N) is 1. The van der Waals surface area contributed by atoms with Gasteiger partial charge >= 0.3 is 0 Å². The molecule has 1 nitrogen and oxygen atoms in total. The molecule has 1 heteroatoms. The quantitative estimate of drug-likeness (QED) is 0.710. The molecule has 1 aromatic heterocycles. The van der Waals surface area contributed by atoms with Crippen molar-refractivity contribution in [1.82, 2.24) is 4.98 Å². The first-order valence-corrected chi connectivity index (χ1v) is 7.41. The summed E-state index contributed by atoms with van der Waals surface area (Å²) in [5.41, 5.74) is 5.71. The van der Waals surface area contributed by atoms with Gasteiger partial charge in [-0.05, 0) is 46.1 Å². The Labute approximate surface area is 122 Å². The molecular weight excluding hydrogens is 242 g/mol. The summed E-state index contributed by atoms with van der Waals surface area (Å²) in [6.07, 6.45) is 1.86. The smallest absolute Gasteiger partial charge is 0.0702 e. The summed E-state index contributed by atoms with van der Waals surface area (Å²) >= 11 is 0. The Morgan fingerprint density at radius 1 is 0.900 bits per heavy atom. The lowest BCUT2D eigenvalue weighted by molar-refractivity contribution is 0.264. The zero-order valence-electron chi connectivity index (χ0n) is 13.1. The van der Waals surface area contributed by atoms with Gasteiger partial charge < -0.3 is 0 Å². The van der Waals surface area contributed by atoms with E-state index in [9.17, 15) is 0 Å². The van der Waals surface area contributed by atoms with Crippen molar-refractivity contribution in [2.75, 3.05) is 0 Å². The number of hydrogen-bond acceptors (Lipinski definition) is 1. The molecule has 2 aromatic rings. The van der Waals surface area contributed by atoms with Crippen LogP contribution >= 0.6 is 0 Å². The molecule has 1 aliphatic carbocycles. The first-order chi connectivity index (χ1) is 9.35. The molecule has 0 bridgehead atoms. The minimum absolute atomic E-state index is 0.212. The Morgan fingerprint density at radius 3 is 2.25 bits per heavy atom. The van der Waals surface area contributed by atoms with Gasteiger partial charge in [0.25, 0.3) is 0 Å². The summed E-state index contributed by atoms with van der Waals surface area (Å²) in [5, 5.41) is 0. The van der Waals surface area contributed by atoms with Gasteiger partial charge in [0.05, 0.1) is 5.69 Å². The highest BCUT2D eigenvalue weighted by Gasteiger charge is 2.48. The predicted octanol–water partition coefficient (Wildman–Crippen LogP) is 4.95. The number of aromatic nitrogens is 1. The van der Waals surface area contributed by atoms with Gasteiger partial charge in [0.1, 0.15) is 0 Å². The zero-order chi connectivity index (χ0) is 14.5. The average molecular weight is 265 g/mol. The van der Waals surface area contributed by atoms with Crippen LogP contribution < -0.4 is 0 Å². The first kappa shape index (κ1) is 13.4. The van der Waals surface area contributed by atoms with E-state index < -0.39 is 0 Å². The third-order valence-corrected chi connectivity index (χ3v) is 5.53. The molecule has 20 heavy (non-hydrogen) atoms. The van der Waals surface area contributed by atoms with Crippen LogP contribution in [0.5, 0.6) is 0 Å². The van der Waals surface area contributed by atoms with E-state index >= 15 is 0 Å². The normalized spacial score (nSPS) is 22.6. The molecule has 0 radical (unpaired) electrons. The summed E-state index contributed by atoms with van der Waals surface area (Å²) in [6, 6.07) is 13.0. The van der Waals surface area contributed by atoms with Crippen LogP contribution in [0.1, 0.15) is 45.7 Å². The predicted molar refractivity (Wildman–Crippen MR) is 84.9 cm³/mol. The van der Waals surface area contributed by atoms with Crippen LogP contribution in [-0.2, 0) is 10.8 Å². The van der Waals surface area contributed by atoms with E-state index in [2.05, 4.69) is 63.9 Å². The van der Waals surface area contributed by atoms with Crippen molar-refractivity contribution in [2.45, 2.75) is 45.4 Å². The SMILES string of the molecule is CC1C(C)(C)c2ccc(-c3ccccn3)cc2C1(C)C. The van der Waals surface area contributed by atoms with E-state index in [0.717, 1.165) is 5.69 Å². The average Bonchev–Trinajstić information content (AvgIpc) is 2.58. The lowest BCUT2D eigenvalue weighted by Crippen LogP contribution is -2.30. The fraction of sp³-hybridized carbons (Fsp3) is 0.421. The molecule has 104 valence electrons. The second-order valence-corrected chi connectivity index (χ2v) is 7.14. The molecule has 0 spiro atoms. The number of pyridine rings is 1. The van der Waals surface area contributed by atoms with Crippen molar-refractivity contribution in [2.24, 2.45) is 5.92 Å². The molecule has 1 aliphatic rings. The van der Waals surface area contributed by atoms with Crippen molar-refractivity contribution in [3.63, 3.8) is 0 Å². The second kappa shape index (κ2) is 4.18. The van der Waals surface area contributed by atoms with E-state index in [-0.39, 0.29) is 10.8 Å². The van der Waals surface area contributed by atoms with Gasteiger partial charge in [-0.1, -0.05) is 52.8 Å². The van der Waals surface area contributed by atoms with Gasteiger partial charge in [-0.3, -0.25) is 4.98 Å². The van der Waals surface area contributed by atoms with E-state index in [1.807, 2.05) is 18.3 Å². The summed E-state index contributed by atoms with van der Waals surface area (Å²) in [6.45, 7) is 11.8. The molecule has 1 heterocycles. The summed E-state index contributed by atoms with van der Waals surface area (Å²) in [7, 11) is 0. The van der Waals surface area contributed by atoms with Gasteiger partial charge in [0, 0.05) is 11.8 Å².